The molecule has 0 amide bonds. The molecule has 0 N–H and O–H groups in total. The van der Waals surface area contributed by atoms with Gasteiger partial charge >= 0.3 is 0 Å². The van der Waals surface area contributed by atoms with Crippen LogP contribution in [0.25, 0.3) is 0 Å². The Balaban J connectivity index is 1.89. The lowest BCUT2D eigenvalue weighted by molar-refractivity contribution is 0.0810. The van der Waals surface area contributed by atoms with Crippen molar-refractivity contribution < 1.29 is 13.2 Å². The van der Waals surface area contributed by atoms with Crippen LogP contribution in [0.2, 0.25) is 0 Å². The van der Waals surface area contributed by atoms with Crippen molar-refractivity contribution in [2.45, 2.75) is 29.2 Å². The van der Waals surface area contributed by atoms with E-state index in [2.05, 4.69) is 5.10 Å². The quantitative estimate of drug-likeness (QED) is 0.827. The Bertz CT molecular complexity index is 724. The number of methoxy groups -OCH3 is 1. The molecule has 2 aromatic heterocycles. The molecule has 0 aromatic carbocycles. The predicted molar refractivity (Wildman–Crippen MR) is 84.3 cm³/mol. The third-order valence-electron chi connectivity index (χ3n) is 4.00. The second-order valence-electron chi connectivity index (χ2n) is 5.40. The minimum absolute atomic E-state index is 0.0880. The average Bonchev–Trinajstić information content (AvgIpc) is 3.19. The van der Waals surface area contributed by atoms with Crippen molar-refractivity contribution in [3.8, 4) is 0 Å². The summed E-state index contributed by atoms with van der Waals surface area (Å²) in [6.45, 7) is 0.490. The Labute approximate surface area is 134 Å². The van der Waals surface area contributed by atoms with Crippen LogP contribution >= 0.6 is 11.3 Å². The van der Waals surface area contributed by atoms with E-state index in [0.29, 0.717) is 23.6 Å². The Morgan fingerprint density at radius 1 is 1.50 bits per heavy atom. The molecule has 0 spiro atoms. The molecule has 8 heteroatoms. The molecule has 2 atom stereocenters. The van der Waals surface area contributed by atoms with Gasteiger partial charge in [0.1, 0.15) is 4.21 Å². The highest BCUT2D eigenvalue weighted by Crippen LogP contribution is 2.31. The van der Waals surface area contributed by atoms with Crippen molar-refractivity contribution in [3.05, 3.63) is 35.5 Å². The lowest BCUT2D eigenvalue weighted by Gasteiger charge is -2.26. The molecule has 120 valence electrons. The molecule has 1 fully saturated rings. The number of rotatable bonds is 5. The number of nitrogens with zero attached hydrogens (tertiary/aromatic N) is 3. The van der Waals surface area contributed by atoms with Gasteiger partial charge in [-0.25, -0.2) is 8.42 Å². The summed E-state index contributed by atoms with van der Waals surface area (Å²) in [6, 6.07) is 3.22. The molecule has 0 unspecified atom stereocenters. The molecule has 3 rings (SSSR count). The molecule has 0 saturated carbocycles. The van der Waals surface area contributed by atoms with Crippen molar-refractivity contribution in [2.75, 3.05) is 13.7 Å². The zero-order valence-electron chi connectivity index (χ0n) is 12.5. The number of hydrogen-bond donors (Lipinski definition) is 0. The lowest BCUT2D eigenvalue weighted by atomic mass is 10.1. The van der Waals surface area contributed by atoms with Crippen molar-refractivity contribution in [1.29, 1.82) is 0 Å². The molecule has 3 heterocycles. The van der Waals surface area contributed by atoms with Gasteiger partial charge in [0.05, 0.1) is 18.3 Å². The molecule has 2 aromatic rings. The number of aromatic nitrogens is 2. The van der Waals surface area contributed by atoms with Crippen LogP contribution in [0.15, 0.2) is 34.1 Å². The Morgan fingerprint density at radius 2 is 2.32 bits per heavy atom. The Morgan fingerprint density at radius 3 is 2.91 bits per heavy atom. The highest BCUT2D eigenvalue weighted by Gasteiger charge is 2.42. The Kier molecular flexibility index (Phi) is 4.35. The number of ether oxygens (including phenoxy) is 1. The summed E-state index contributed by atoms with van der Waals surface area (Å²) in [5.41, 5.74) is 1.02. The van der Waals surface area contributed by atoms with Crippen LogP contribution in [-0.2, 0) is 28.2 Å². The van der Waals surface area contributed by atoms with Gasteiger partial charge in [-0.1, -0.05) is 6.07 Å². The van der Waals surface area contributed by atoms with E-state index >= 15 is 0 Å². The summed E-state index contributed by atoms with van der Waals surface area (Å²) in [7, 11) is 0.0381. The molecular formula is C14H19N3O3S2. The van der Waals surface area contributed by atoms with E-state index in [1.165, 1.54) is 11.3 Å². The fourth-order valence-electron chi connectivity index (χ4n) is 2.95. The standard InChI is InChI=1S/C14H19N3O3S2/c1-16-10-11(9-15-16)8-12-13(20-2)5-6-17(12)22(18,19)14-4-3-7-21-14/h3-4,7,9-10,12-13H,5-6,8H2,1-2H3/t12-,13-/m1/s1. The second-order valence-corrected chi connectivity index (χ2v) is 8.47. The van der Waals surface area contributed by atoms with Gasteiger partial charge in [-0.3, -0.25) is 4.68 Å². The minimum atomic E-state index is -3.46. The van der Waals surface area contributed by atoms with Crippen LogP contribution in [0.3, 0.4) is 0 Å². The van der Waals surface area contributed by atoms with Gasteiger partial charge in [-0.05, 0) is 29.9 Å². The van der Waals surface area contributed by atoms with E-state index < -0.39 is 10.0 Å². The van der Waals surface area contributed by atoms with E-state index in [1.807, 2.05) is 13.2 Å². The van der Waals surface area contributed by atoms with Crippen molar-refractivity contribution >= 4 is 21.4 Å². The molecule has 0 radical (unpaired) electrons. The zero-order valence-corrected chi connectivity index (χ0v) is 14.2. The summed E-state index contributed by atoms with van der Waals surface area (Å²) in [5.74, 6) is 0. The average molecular weight is 341 g/mol. The highest BCUT2D eigenvalue weighted by atomic mass is 32.2. The van der Waals surface area contributed by atoms with Crippen LogP contribution in [0.4, 0.5) is 0 Å². The maximum absolute atomic E-state index is 12.8. The zero-order chi connectivity index (χ0) is 15.7. The maximum Gasteiger partial charge on any atom is 0.252 e. The number of sulfonamides is 1. The molecule has 1 aliphatic heterocycles. The van der Waals surface area contributed by atoms with Crippen LogP contribution in [-0.4, -0.2) is 48.3 Å². The third-order valence-corrected chi connectivity index (χ3v) is 7.29. The fourth-order valence-corrected chi connectivity index (χ4v) is 5.73. The van der Waals surface area contributed by atoms with Gasteiger partial charge in [0.25, 0.3) is 10.0 Å². The summed E-state index contributed by atoms with van der Waals surface area (Å²) in [4.78, 5) is 0. The monoisotopic (exact) mass is 341 g/mol. The smallest absolute Gasteiger partial charge is 0.252 e. The van der Waals surface area contributed by atoms with Crippen LogP contribution in [0.1, 0.15) is 12.0 Å². The van der Waals surface area contributed by atoms with E-state index in [9.17, 15) is 8.42 Å². The van der Waals surface area contributed by atoms with Gasteiger partial charge < -0.3 is 4.74 Å². The summed E-state index contributed by atoms with van der Waals surface area (Å²) >= 11 is 1.25. The highest BCUT2D eigenvalue weighted by molar-refractivity contribution is 7.91. The summed E-state index contributed by atoms with van der Waals surface area (Å²) < 4.78 is 34.9. The van der Waals surface area contributed by atoms with Gasteiger partial charge in [-0.15, -0.1) is 11.3 Å². The lowest BCUT2D eigenvalue weighted by Crippen LogP contribution is -2.41. The normalized spacial score (nSPS) is 23.2. The third kappa shape index (κ3) is 2.83. The number of hydrogen-bond acceptors (Lipinski definition) is 5. The van der Waals surface area contributed by atoms with E-state index in [1.54, 1.807) is 39.8 Å². The SMILES string of the molecule is CO[C@@H]1CCN(S(=O)(=O)c2cccs2)[C@@H]1Cc1cnn(C)c1. The number of thiophene rings is 1. The topological polar surface area (TPSA) is 64.4 Å². The molecular weight excluding hydrogens is 322 g/mol. The van der Waals surface area contributed by atoms with E-state index in [4.69, 9.17) is 4.74 Å². The first-order valence-electron chi connectivity index (χ1n) is 7.08. The summed E-state index contributed by atoms with van der Waals surface area (Å²) in [6.07, 6.45) is 4.93. The molecule has 22 heavy (non-hydrogen) atoms. The van der Waals surface area contributed by atoms with Crippen LogP contribution in [0, 0.1) is 0 Å². The van der Waals surface area contributed by atoms with Crippen LogP contribution in [0.5, 0.6) is 0 Å². The van der Waals surface area contributed by atoms with Gasteiger partial charge in [-0.2, -0.15) is 9.40 Å². The molecule has 6 nitrogen and oxygen atoms in total. The van der Waals surface area contributed by atoms with Gasteiger partial charge in [0.15, 0.2) is 0 Å². The Hall–Kier alpha value is -1.22. The van der Waals surface area contributed by atoms with E-state index in [-0.39, 0.29) is 12.1 Å². The van der Waals surface area contributed by atoms with Crippen molar-refractivity contribution in [1.82, 2.24) is 14.1 Å². The van der Waals surface area contributed by atoms with Crippen molar-refractivity contribution in [3.63, 3.8) is 0 Å². The molecule has 1 aliphatic rings. The number of aryl methyl sites for hydroxylation is 1. The fraction of sp³-hybridized carbons (Fsp3) is 0.500. The molecule has 0 aliphatic carbocycles. The first kappa shape index (κ1) is 15.7. The summed E-state index contributed by atoms with van der Waals surface area (Å²) in [5, 5.41) is 5.94. The first-order chi connectivity index (χ1) is 10.5. The molecule has 0 bridgehead atoms. The van der Waals surface area contributed by atoms with Gasteiger partial charge in [0.2, 0.25) is 0 Å². The minimum Gasteiger partial charge on any atom is -0.380 e. The second kappa shape index (κ2) is 6.11. The largest absolute Gasteiger partial charge is 0.380 e. The van der Waals surface area contributed by atoms with Crippen LogP contribution < -0.4 is 0 Å². The predicted octanol–water partition coefficient (Wildman–Crippen LogP) is 1.50. The first-order valence-corrected chi connectivity index (χ1v) is 9.40. The molecule has 1 saturated heterocycles. The van der Waals surface area contributed by atoms with Gasteiger partial charge in [0, 0.05) is 26.9 Å². The van der Waals surface area contributed by atoms with E-state index in [0.717, 1.165) is 5.56 Å². The van der Waals surface area contributed by atoms with Crippen molar-refractivity contribution in [2.24, 2.45) is 7.05 Å². The maximum atomic E-state index is 12.8.